The zero-order valence-electron chi connectivity index (χ0n) is 7.55. The van der Waals surface area contributed by atoms with Crippen LogP contribution in [-0.2, 0) is 0 Å². The minimum Gasteiger partial charge on any atom is -0.435 e. The van der Waals surface area contributed by atoms with E-state index in [4.69, 9.17) is 0 Å². The minimum atomic E-state index is -2.77. The number of aromatic amines is 1. The smallest absolute Gasteiger partial charge is 0.387 e. The Balaban J connectivity index is 2.44. The number of H-pyrrole nitrogens is 1. The highest BCUT2D eigenvalue weighted by atomic mass is 19.3. The van der Waals surface area contributed by atoms with Crippen molar-refractivity contribution >= 4 is 10.9 Å². The second kappa shape index (κ2) is 3.29. The molecule has 1 aromatic heterocycles. The van der Waals surface area contributed by atoms with E-state index in [2.05, 4.69) is 9.72 Å². The summed E-state index contributed by atoms with van der Waals surface area (Å²) in [6, 6.07) is 4.85. The monoisotopic (exact) mass is 197 g/mol. The lowest BCUT2D eigenvalue weighted by Crippen LogP contribution is -2.01. The predicted molar refractivity (Wildman–Crippen MR) is 49.7 cm³/mol. The van der Waals surface area contributed by atoms with Gasteiger partial charge in [0, 0.05) is 17.1 Å². The van der Waals surface area contributed by atoms with Gasteiger partial charge in [-0.15, -0.1) is 0 Å². The van der Waals surface area contributed by atoms with Crippen LogP contribution in [0.5, 0.6) is 5.75 Å². The maximum absolute atomic E-state index is 11.9. The fraction of sp³-hybridized carbons (Fsp3) is 0.200. The number of ether oxygens (including phenoxy) is 1. The van der Waals surface area contributed by atoms with Crippen molar-refractivity contribution in [2.24, 2.45) is 0 Å². The van der Waals surface area contributed by atoms with E-state index in [-0.39, 0.29) is 5.75 Å². The molecule has 2 nitrogen and oxygen atoms in total. The van der Waals surface area contributed by atoms with E-state index in [1.807, 2.05) is 13.1 Å². The molecule has 14 heavy (non-hydrogen) atoms. The van der Waals surface area contributed by atoms with Gasteiger partial charge in [-0.25, -0.2) is 0 Å². The summed E-state index contributed by atoms with van der Waals surface area (Å²) in [5.74, 6) is 0.190. The molecule has 1 N–H and O–H groups in total. The van der Waals surface area contributed by atoms with Crippen LogP contribution in [0.4, 0.5) is 8.78 Å². The largest absolute Gasteiger partial charge is 0.435 e. The summed E-state index contributed by atoms with van der Waals surface area (Å²) in [4.78, 5) is 3.03. The number of alkyl halides is 2. The van der Waals surface area contributed by atoms with Crippen LogP contribution in [0.25, 0.3) is 10.9 Å². The molecule has 2 rings (SSSR count). The molecular weight excluding hydrogens is 188 g/mol. The molecule has 0 amide bonds. The summed E-state index contributed by atoms with van der Waals surface area (Å²) in [5.41, 5.74) is 1.93. The number of fused-ring (bicyclic) bond motifs is 1. The van der Waals surface area contributed by atoms with Gasteiger partial charge in [0.2, 0.25) is 0 Å². The minimum absolute atomic E-state index is 0.190. The van der Waals surface area contributed by atoms with E-state index < -0.39 is 6.61 Å². The van der Waals surface area contributed by atoms with Gasteiger partial charge in [0.15, 0.2) is 0 Å². The van der Waals surface area contributed by atoms with Gasteiger partial charge in [-0.05, 0) is 30.7 Å². The molecule has 0 unspecified atom stereocenters. The summed E-state index contributed by atoms with van der Waals surface area (Å²) in [6.07, 6.45) is 1.83. The number of hydrogen-bond acceptors (Lipinski definition) is 1. The van der Waals surface area contributed by atoms with E-state index in [9.17, 15) is 8.78 Å². The fourth-order valence-corrected chi connectivity index (χ4v) is 1.42. The van der Waals surface area contributed by atoms with Crippen molar-refractivity contribution in [1.82, 2.24) is 4.98 Å². The van der Waals surface area contributed by atoms with Crippen molar-refractivity contribution in [3.8, 4) is 5.75 Å². The SMILES string of the molecule is Cc1c[nH]c2ccc(OC(F)F)cc12. The molecule has 0 aliphatic carbocycles. The lowest BCUT2D eigenvalue weighted by molar-refractivity contribution is -0.0497. The number of nitrogens with one attached hydrogen (secondary N) is 1. The molecule has 0 aliphatic heterocycles. The Hall–Kier alpha value is -1.58. The summed E-state index contributed by atoms with van der Waals surface area (Å²) < 4.78 is 28.1. The van der Waals surface area contributed by atoms with Gasteiger partial charge in [0.05, 0.1) is 0 Å². The first-order chi connectivity index (χ1) is 6.66. The average molecular weight is 197 g/mol. The Labute approximate surface area is 79.5 Å². The first kappa shape index (κ1) is 8.99. The number of halogens is 2. The molecule has 4 heteroatoms. The van der Waals surface area contributed by atoms with E-state index in [0.29, 0.717) is 0 Å². The molecule has 0 spiro atoms. The zero-order valence-corrected chi connectivity index (χ0v) is 7.55. The zero-order chi connectivity index (χ0) is 10.1. The Bertz CT molecular complexity index is 450. The summed E-state index contributed by atoms with van der Waals surface area (Å²) >= 11 is 0. The predicted octanol–water partition coefficient (Wildman–Crippen LogP) is 3.08. The molecule has 1 heterocycles. The van der Waals surface area contributed by atoms with Crippen molar-refractivity contribution in [3.05, 3.63) is 30.0 Å². The molecule has 74 valence electrons. The Morgan fingerprint density at radius 2 is 2.14 bits per heavy atom. The average Bonchev–Trinajstić information content (AvgIpc) is 2.47. The van der Waals surface area contributed by atoms with Crippen LogP contribution in [0.1, 0.15) is 5.56 Å². The van der Waals surface area contributed by atoms with Crippen LogP contribution < -0.4 is 4.74 Å². The number of benzene rings is 1. The maximum Gasteiger partial charge on any atom is 0.387 e. The third-order valence-corrected chi connectivity index (χ3v) is 2.09. The quantitative estimate of drug-likeness (QED) is 0.786. The van der Waals surface area contributed by atoms with E-state index >= 15 is 0 Å². The first-order valence-corrected chi connectivity index (χ1v) is 4.19. The van der Waals surface area contributed by atoms with Crippen LogP contribution in [-0.4, -0.2) is 11.6 Å². The Kier molecular flexibility index (Phi) is 2.11. The number of aryl methyl sites for hydroxylation is 1. The highest BCUT2D eigenvalue weighted by Gasteiger charge is 2.06. The van der Waals surface area contributed by atoms with Gasteiger partial charge in [-0.3, -0.25) is 0 Å². The molecule has 2 aromatic rings. The van der Waals surface area contributed by atoms with Gasteiger partial charge in [0.1, 0.15) is 5.75 Å². The van der Waals surface area contributed by atoms with E-state index in [0.717, 1.165) is 16.5 Å². The number of rotatable bonds is 2. The first-order valence-electron chi connectivity index (χ1n) is 4.19. The van der Waals surface area contributed by atoms with E-state index in [1.165, 1.54) is 6.07 Å². The number of hydrogen-bond donors (Lipinski definition) is 1. The van der Waals surface area contributed by atoms with Crippen LogP contribution in [0.3, 0.4) is 0 Å². The topological polar surface area (TPSA) is 25.0 Å². The van der Waals surface area contributed by atoms with Crippen molar-refractivity contribution < 1.29 is 13.5 Å². The molecular formula is C10H9F2NO. The molecule has 0 fully saturated rings. The highest BCUT2D eigenvalue weighted by molar-refractivity contribution is 5.84. The summed E-state index contributed by atoms with van der Waals surface area (Å²) in [6.45, 7) is -0.864. The third kappa shape index (κ3) is 1.55. The normalized spacial score (nSPS) is 11.1. The molecule has 1 aromatic carbocycles. The summed E-state index contributed by atoms with van der Waals surface area (Å²) in [7, 11) is 0. The van der Waals surface area contributed by atoms with Crippen molar-refractivity contribution in [1.29, 1.82) is 0 Å². The van der Waals surface area contributed by atoms with Gasteiger partial charge in [-0.2, -0.15) is 8.78 Å². The molecule has 0 bridgehead atoms. The second-order valence-corrected chi connectivity index (χ2v) is 3.06. The molecule has 0 saturated carbocycles. The lowest BCUT2D eigenvalue weighted by Gasteiger charge is -2.03. The maximum atomic E-state index is 11.9. The van der Waals surface area contributed by atoms with Gasteiger partial charge >= 0.3 is 6.61 Å². The standard InChI is InChI=1S/C10H9F2NO/c1-6-5-13-9-3-2-7(4-8(6)9)14-10(11)12/h2-5,10,13H,1H3. The van der Waals surface area contributed by atoms with E-state index in [1.54, 1.807) is 12.1 Å². The number of aromatic nitrogens is 1. The Morgan fingerprint density at radius 1 is 1.36 bits per heavy atom. The van der Waals surface area contributed by atoms with Crippen molar-refractivity contribution in [3.63, 3.8) is 0 Å². The third-order valence-electron chi connectivity index (χ3n) is 2.09. The van der Waals surface area contributed by atoms with Crippen LogP contribution in [0, 0.1) is 6.92 Å². The van der Waals surface area contributed by atoms with Crippen molar-refractivity contribution in [2.45, 2.75) is 13.5 Å². The van der Waals surface area contributed by atoms with Gasteiger partial charge in [0.25, 0.3) is 0 Å². The van der Waals surface area contributed by atoms with Crippen LogP contribution in [0.2, 0.25) is 0 Å². The molecule has 0 atom stereocenters. The molecule has 0 aliphatic rings. The fourth-order valence-electron chi connectivity index (χ4n) is 1.42. The van der Waals surface area contributed by atoms with Crippen molar-refractivity contribution in [2.75, 3.05) is 0 Å². The van der Waals surface area contributed by atoms with Gasteiger partial charge in [-0.1, -0.05) is 0 Å². The Morgan fingerprint density at radius 3 is 2.86 bits per heavy atom. The molecule has 0 radical (unpaired) electrons. The van der Waals surface area contributed by atoms with Crippen LogP contribution >= 0.6 is 0 Å². The second-order valence-electron chi connectivity index (χ2n) is 3.06. The molecule has 0 saturated heterocycles. The van der Waals surface area contributed by atoms with Gasteiger partial charge < -0.3 is 9.72 Å². The summed E-state index contributed by atoms with van der Waals surface area (Å²) in [5, 5.41) is 0.906. The lowest BCUT2D eigenvalue weighted by atomic mass is 10.2. The van der Waals surface area contributed by atoms with Crippen LogP contribution in [0.15, 0.2) is 24.4 Å². The highest BCUT2D eigenvalue weighted by Crippen LogP contribution is 2.23.